The minimum absolute atomic E-state index is 0.239. The molecule has 0 unspecified atom stereocenters. The highest BCUT2D eigenvalue weighted by Crippen LogP contribution is 2.14. The molecule has 0 aliphatic carbocycles. The number of nitrogens with zero attached hydrogens (tertiary/aromatic N) is 1. The molecule has 0 saturated heterocycles. The average Bonchev–Trinajstić information content (AvgIpc) is 2.46. The van der Waals surface area contributed by atoms with Gasteiger partial charge in [-0.3, -0.25) is 9.78 Å². The molecule has 0 bridgehead atoms. The number of benzene rings is 1. The molecule has 0 aliphatic rings. The van der Waals surface area contributed by atoms with Gasteiger partial charge in [-0.2, -0.15) is 0 Å². The number of hydrogen-bond donors (Lipinski definition) is 1. The van der Waals surface area contributed by atoms with Gasteiger partial charge in [0.25, 0.3) is 5.91 Å². The lowest BCUT2D eigenvalue weighted by Crippen LogP contribution is -2.27. The van der Waals surface area contributed by atoms with Gasteiger partial charge in [-0.05, 0) is 30.2 Å². The summed E-state index contributed by atoms with van der Waals surface area (Å²) in [7, 11) is 0. The fourth-order valence-electron chi connectivity index (χ4n) is 1.66. The third-order valence-electron chi connectivity index (χ3n) is 2.70. The van der Waals surface area contributed by atoms with Gasteiger partial charge in [0.15, 0.2) is 17.5 Å². The number of rotatable bonds is 4. The van der Waals surface area contributed by atoms with Crippen molar-refractivity contribution in [1.29, 1.82) is 0 Å². The van der Waals surface area contributed by atoms with Crippen molar-refractivity contribution in [3.05, 3.63) is 65.2 Å². The Morgan fingerprint density at radius 1 is 1.15 bits per heavy atom. The van der Waals surface area contributed by atoms with Crippen molar-refractivity contribution in [3.8, 4) is 0 Å². The van der Waals surface area contributed by atoms with Crippen LogP contribution in [0.2, 0.25) is 0 Å². The lowest BCUT2D eigenvalue weighted by atomic mass is 10.1. The molecule has 3 nitrogen and oxygen atoms in total. The molecule has 0 spiro atoms. The van der Waals surface area contributed by atoms with E-state index in [1.54, 1.807) is 18.5 Å². The summed E-state index contributed by atoms with van der Waals surface area (Å²) >= 11 is 0. The van der Waals surface area contributed by atoms with Gasteiger partial charge in [0.05, 0.1) is 5.56 Å². The first-order chi connectivity index (χ1) is 9.59. The van der Waals surface area contributed by atoms with Crippen LogP contribution in [-0.4, -0.2) is 17.4 Å². The smallest absolute Gasteiger partial charge is 0.254 e. The van der Waals surface area contributed by atoms with E-state index in [1.807, 2.05) is 6.07 Å². The van der Waals surface area contributed by atoms with Crippen molar-refractivity contribution in [2.45, 2.75) is 6.42 Å². The van der Waals surface area contributed by atoms with Crippen LogP contribution >= 0.6 is 0 Å². The van der Waals surface area contributed by atoms with Gasteiger partial charge in [-0.15, -0.1) is 0 Å². The number of nitrogens with one attached hydrogen (secondary N) is 1. The Hall–Kier alpha value is -2.37. The number of carbonyl (C=O) groups is 1. The van der Waals surface area contributed by atoms with Gasteiger partial charge in [0, 0.05) is 18.9 Å². The standard InChI is InChI=1S/C14H11F3N2O/c15-11-4-3-10(12(16)13(11)17)14(20)19-7-5-9-2-1-6-18-8-9/h1-4,6,8H,5,7H2,(H,19,20). The van der Waals surface area contributed by atoms with Crippen LogP contribution in [0, 0.1) is 17.5 Å². The van der Waals surface area contributed by atoms with Crippen molar-refractivity contribution in [2.75, 3.05) is 6.54 Å². The first-order valence-corrected chi connectivity index (χ1v) is 5.90. The number of carbonyl (C=O) groups excluding carboxylic acids is 1. The van der Waals surface area contributed by atoms with E-state index in [4.69, 9.17) is 0 Å². The van der Waals surface area contributed by atoms with Crippen LogP contribution in [0.1, 0.15) is 15.9 Å². The van der Waals surface area contributed by atoms with E-state index in [0.717, 1.165) is 11.6 Å². The summed E-state index contributed by atoms with van der Waals surface area (Å²) in [6.45, 7) is 0.239. The Kier molecular flexibility index (Phi) is 4.34. The van der Waals surface area contributed by atoms with Crippen molar-refractivity contribution in [1.82, 2.24) is 10.3 Å². The number of pyridine rings is 1. The largest absolute Gasteiger partial charge is 0.352 e. The molecule has 2 aromatic rings. The van der Waals surface area contributed by atoms with E-state index >= 15 is 0 Å². The molecule has 1 N–H and O–H groups in total. The zero-order chi connectivity index (χ0) is 14.5. The summed E-state index contributed by atoms with van der Waals surface area (Å²) in [6.07, 6.45) is 3.77. The fraction of sp³-hybridized carbons (Fsp3) is 0.143. The lowest BCUT2D eigenvalue weighted by molar-refractivity contribution is 0.0949. The third-order valence-corrected chi connectivity index (χ3v) is 2.70. The second-order valence-electron chi connectivity index (χ2n) is 4.09. The Morgan fingerprint density at radius 3 is 2.65 bits per heavy atom. The average molecular weight is 280 g/mol. The summed E-state index contributed by atoms with van der Waals surface area (Å²) in [5.41, 5.74) is 0.383. The molecule has 1 aromatic carbocycles. The van der Waals surface area contributed by atoms with Crippen LogP contribution in [0.5, 0.6) is 0 Å². The van der Waals surface area contributed by atoms with Gasteiger partial charge >= 0.3 is 0 Å². The van der Waals surface area contributed by atoms with Gasteiger partial charge in [0.2, 0.25) is 0 Å². The van der Waals surface area contributed by atoms with Crippen molar-refractivity contribution >= 4 is 5.91 Å². The van der Waals surface area contributed by atoms with E-state index < -0.39 is 28.9 Å². The van der Waals surface area contributed by atoms with Crippen LogP contribution in [0.25, 0.3) is 0 Å². The predicted molar refractivity (Wildman–Crippen MR) is 66.6 cm³/mol. The normalized spacial score (nSPS) is 10.3. The zero-order valence-electron chi connectivity index (χ0n) is 10.4. The highest BCUT2D eigenvalue weighted by Gasteiger charge is 2.18. The van der Waals surface area contributed by atoms with Crippen molar-refractivity contribution in [3.63, 3.8) is 0 Å². The molecule has 2 rings (SSSR count). The molecule has 0 saturated carbocycles. The molecule has 1 heterocycles. The summed E-state index contributed by atoms with van der Waals surface area (Å²) in [6, 6.07) is 5.21. The number of amides is 1. The maximum absolute atomic E-state index is 13.4. The molecule has 6 heteroatoms. The fourth-order valence-corrected chi connectivity index (χ4v) is 1.66. The highest BCUT2D eigenvalue weighted by atomic mass is 19.2. The van der Waals surface area contributed by atoms with Crippen LogP contribution in [0.3, 0.4) is 0 Å². The quantitative estimate of drug-likeness (QED) is 0.874. The third kappa shape index (κ3) is 3.14. The van der Waals surface area contributed by atoms with Gasteiger partial charge in [-0.25, -0.2) is 13.2 Å². The van der Waals surface area contributed by atoms with Crippen molar-refractivity contribution < 1.29 is 18.0 Å². The molecule has 1 aromatic heterocycles. The maximum Gasteiger partial charge on any atom is 0.254 e. The zero-order valence-corrected chi connectivity index (χ0v) is 10.4. The summed E-state index contributed by atoms with van der Waals surface area (Å²) in [4.78, 5) is 15.6. The Balaban J connectivity index is 1.97. The molecular formula is C14H11F3N2O. The SMILES string of the molecule is O=C(NCCc1cccnc1)c1ccc(F)c(F)c1F. The van der Waals surface area contributed by atoms with E-state index in [1.165, 1.54) is 0 Å². The number of aromatic nitrogens is 1. The van der Waals surface area contributed by atoms with Crippen LogP contribution in [0.15, 0.2) is 36.7 Å². The molecule has 0 aliphatic heterocycles. The van der Waals surface area contributed by atoms with Crippen LogP contribution < -0.4 is 5.32 Å². The monoisotopic (exact) mass is 280 g/mol. The molecule has 20 heavy (non-hydrogen) atoms. The highest BCUT2D eigenvalue weighted by molar-refractivity contribution is 5.94. The van der Waals surface area contributed by atoms with Gasteiger partial charge < -0.3 is 5.32 Å². The minimum Gasteiger partial charge on any atom is -0.352 e. The van der Waals surface area contributed by atoms with E-state index in [2.05, 4.69) is 10.3 Å². The lowest BCUT2D eigenvalue weighted by Gasteiger charge is -2.07. The van der Waals surface area contributed by atoms with Crippen molar-refractivity contribution in [2.24, 2.45) is 0 Å². The Bertz CT molecular complexity index is 617. The first kappa shape index (κ1) is 14.0. The van der Waals surface area contributed by atoms with Crippen LogP contribution in [0.4, 0.5) is 13.2 Å². The van der Waals surface area contributed by atoms with E-state index in [-0.39, 0.29) is 6.54 Å². The first-order valence-electron chi connectivity index (χ1n) is 5.90. The summed E-state index contributed by atoms with van der Waals surface area (Å²) in [5.74, 6) is -5.24. The van der Waals surface area contributed by atoms with E-state index in [0.29, 0.717) is 12.5 Å². The summed E-state index contributed by atoms with van der Waals surface area (Å²) in [5, 5.41) is 2.44. The molecule has 1 amide bonds. The number of hydrogen-bond acceptors (Lipinski definition) is 2. The second-order valence-corrected chi connectivity index (χ2v) is 4.09. The summed E-state index contributed by atoms with van der Waals surface area (Å²) < 4.78 is 39.1. The molecular weight excluding hydrogens is 269 g/mol. The number of halogens is 3. The Labute approximate surface area is 113 Å². The molecule has 104 valence electrons. The predicted octanol–water partition coefficient (Wildman–Crippen LogP) is 2.47. The molecule has 0 radical (unpaired) electrons. The topological polar surface area (TPSA) is 42.0 Å². The second kappa shape index (κ2) is 6.18. The molecule has 0 atom stereocenters. The molecule has 0 fully saturated rings. The van der Waals surface area contributed by atoms with E-state index in [9.17, 15) is 18.0 Å². The maximum atomic E-state index is 13.4. The van der Waals surface area contributed by atoms with Crippen LogP contribution in [-0.2, 0) is 6.42 Å². The van der Waals surface area contributed by atoms with Gasteiger partial charge in [-0.1, -0.05) is 6.07 Å². The minimum atomic E-state index is -1.65. The van der Waals surface area contributed by atoms with Gasteiger partial charge in [0.1, 0.15) is 0 Å². The Morgan fingerprint density at radius 2 is 1.95 bits per heavy atom.